The standard InChI is InChI=1S/C13H22N4/c1-2-11-6-4-3-5-9-17(11)12-7-8-15-13(10-12)16-14/h7-8,10-11H,2-6,9,14H2,1H3,(H,15,16). The molecule has 2 heterocycles. The van der Waals surface area contributed by atoms with Crippen LogP contribution in [0, 0.1) is 0 Å². The Bertz CT molecular complexity index is 353. The molecule has 1 unspecified atom stereocenters. The molecular weight excluding hydrogens is 212 g/mol. The van der Waals surface area contributed by atoms with Gasteiger partial charge in [0.25, 0.3) is 0 Å². The molecule has 4 nitrogen and oxygen atoms in total. The number of anilines is 2. The number of hydrogen-bond donors (Lipinski definition) is 2. The third kappa shape index (κ3) is 2.88. The summed E-state index contributed by atoms with van der Waals surface area (Å²) in [6.07, 6.45) is 8.30. The molecule has 1 fully saturated rings. The van der Waals surface area contributed by atoms with Gasteiger partial charge in [-0.05, 0) is 25.3 Å². The van der Waals surface area contributed by atoms with Gasteiger partial charge in [0.15, 0.2) is 0 Å². The molecule has 1 aromatic rings. The Labute approximate surface area is 103 Å². The number of pyridine rings is 1. The third-order valence-electron chi connectivity index (χ3n) is 3.57. The largest absolute Gasteiger partial charge is 0.368 e. The quantitative estimate of drug-likeness (QED) is 0.623. The van der Waals surface area contributed by atoms with E-state index in [9.17, 15) is 0 Å². The average Bonchev–Trinajstić information content (AvgIpc) is 2.63. The minimum atomic E-state index is 0.658. The lowest BCUT2D eigenvalue weighted by molar-refractivity contribution is 0.556. The maximum atomic E-state index is 5.42. The predicted molar refractivity (Wildman–Crippen MR) is 71.9 cm³/mol. The zero-order chi connectivity index (χ0) is 12.1. The van der Waals surface area contributed by atoms with Crippen molar-refractivity contribution in [3.05, 3.63) is 18.3 Å². The molecule has 2 rings (SSSR count). The number of nitrogens with one attached hydrogen (secondary N) is 1. The van der Waals surface area contributed by atoms with Gasteiger partial charge < -0.3 is 10.3 Å². The topological polar surface area (TPSA) is 54.2 Å². The van der Waals surface area contributed by atoms with Gasteiger partial charge in [-0.3, -0.25) is 0 Å². The summed E-state index contributed by atoms with van der Waals surface area (Å²) >= 11 is 0. The highest BCUT2D eigenvalue weighted by atomic mass is 15.3. The van der Waals surface area contributed by atoms with Crippen molar-refractivity contribution in [1.29, 1.82) is 0 Å². The van der Waals surface area contributed by atoms with Gasteiger partial charge in [-0.25, -0.2) is 10.8 Å². The molecule has 1 aliphatic heterocycles. The first-order valence-electron chi connectivity index (χ1n) is 6.54. The van der Waals surface area contributed by atoms with Crippen LogP contribution < -0.4 is 16.2 Å². The minimum absolute atomic E-state index is 0.658. The molecule has 94 valence electrons. The van der Waals surface area contributed by atoms with Gasteiger partial charge in [-0.1, -0.05) is 19.8 Å². The van der Waals surface area contributed by atoms with E-state index in [2.05, 4.69) is 28.3 Å². The Morgan fingerprint density at radius 3 is 3.12 bits per heavy atom. The van der Waals surface area contributed by atoms with Gasteiger partial charge in [0.05, 0.1) is 0 Å². The fraction of sp³-hybridized carbons (Fsp3) is 0.615. The molecule has 1 atom stereocenters. The van der Waals surface area contributed by atoms with E-state index in [1.54, 1.807) is 0 Å². The van der Waals surface area contributed by atoms with E-state index in [1.165, 1.54) is 37.8 Å². The van der Waals surface area contributed by atoms with Crippen LogP contribution in [0.4, 0.5) is 11.5 Å². The highest BCUT2D eigenvalue weighted by Gasteiger charge is 2.19. The molecule has 0 radical (unpaired) electrons. The summed E-state index contributed by atoms with van der Waals surface area (Å²) in [5.41, 5.74) is 3.85. The first kappa shape index (κ1) is 12.2. The molecule has 0 aromatic carbocycles. The molecule has 0 bridgehead atoms. The van der Waals surface area contributed by atoms with E-state index in [4.69, 9.17) is 5.84 Å². The molecule has 0 aliphatic carbocycles. The third-order valence-corrected chi connectivity index (χ3v) is 3.57. The number of nitrogen functional groups attached to an aromatic ring is 1. The van der Waals surface area contributed by atoms with Crippen LogP contribution in [-0.2, 0) is 0 Å². The van der Waals surface area contributed by atoms with Gasteiger partial charge in [0.2, 0.25) is 0 Å². The first-order chi connectivity index (χ1) is 8.35. The zero-order valence-corrected chi connectivity index (χ0v) is 10.5. The summed E-state index contributed by atoms with van der Waals surface area (Å²) in [4.78, 5) is 6.67. The number of nitrogens with zero attached hydrogens (tertiary/aromatic N) is 2. The smallest absolute Gasteiger partial charge is 0.141 e. The van der Waals surface area contributed by atoms with Gasteiger partial charge in [0, 0.05) is 30.5 Å². The maximum absolute atomic E-state index is 5.42. The summed E-state index contributed by atoms with van der Waals surface area (Å²) in [5.74, 6) is 6.15. The Morgan fingerprint density at radius 2 is 2.35 bits per heavy atom. The lowest BCUT2D eigenvalue weighted by Crippen LogP contribution is -2.34. The highest BCUT2D eigenvalue weighted by molar-refractivity contribution is 5.54. The summed E-state index contributed by atoms with van der Waals surface area (Å²) in [5, 5.41) is 0. The number of hydrogen-bond acceptors (Lipinski definition) is 4. The van der Waals surface area contributed by atoms with Crippen molar-refractivity contribution in [3.63, 3.8) is 0 Å². The molecule has 1 aromatic heterocycles. The van der Waals surface area contributed by atoms with Crippen LogP contribution in [0.5, 0.6) is 0 Å². The van der Waals surface area contributed by atoms with E-state index in [0.29, 0.717) is 6.04 Å². The van der Waals surface area contributed by atoms with Crippen molar-refractivity contribution < 1.29 is 0 Å². The summed E-state index contributed by atoms with van der Waals surface area (Å²) in [6, 6.07) is 4.77. The second-order valence-electron chi connectivity index (χ2n) is 4.65. The van der Waals surface area contributed by atoms with E-state index >= 15 is 0 Å². The van der Waals surface area contributed by atoms with Crippen LogP contribution in [0.3, 0.4) is 0 Å². The van der Waals surface area contributed by atoms with Crippen molar-refractivity contribution in [2.45, 2.75) is 45.1 Å². The Hall–Kier alpha value is -1.29. The lowest BCUT2D eigenvalue weighted by Gasteiger charge is -2.31. The molecule has 4 heteroatoms. The normalized spacial score (nSPS) is 21.1. The summed E-state index contributed by atoms with van der Waals surface area (Å²) in [7, 11) is 0. The SMILES string of the molecule is CCC1CCCCCN1c1ccnc(NN)c1. The van der Waals surface area contributed by atoms with Crippen molar-refractivity contribution in [3.8, 4) is 0 Å². The van der Waals surface area contributed by atoms with Crippen LogP contribution in [0.1, 0.15) is 39.0 Å². The van der Waals surface area contributed by atoms with Gasteiger partial charge in [-0.15, -0.1) is 0 Å². The zero-order valence-electron chi connectivity index (χ0n) is 10.5. The summed E-state index contributed by atoms with van der Waals surface area (Å²) in [6.45, 7) is 3.42. The van der Waals surface area contributed by atoms with Crippen LogP contribution in [0.25, 0.3) is 0 Å². The molecule has 0 spiro atoms. The van der Waals surface area contributed by atoms with Crippen LogP contribution >= 0.6 is 0 Å². The predicted octanol–water partition coefficient (Wildman–Crippen LogP) is 2.53. The first-order valence-corrected chi connectivity index (χ1v) is 6.54. The average molecular weight is 234 g/mol. The van der Waals surface area contributed by atoms with Crippen LogP contribution in [0.2, 0.25) is 0 Å². The highest BCUT2D eigenvalue weighted by Crippen LogP contribution is 2.26. The molecular formula is C13H22N4. The molecule has 17 heavy (non-hydrogen) atoms. The van der Waals surface area contributed by atoms with E-state index < -0.39 is 0 Å². The van der Waals surface area contributed by atoms with Crippen LogP contribution in [0.15, 0.2) is 18.3 Å². The number of rotatable bonds is 3. The Balaban J connectivity index is 2.21. The summed E-state index contributed by atoms with van der Waals surface area (Å²) < 4.78 is 0. The second kappa shape index (κ2) is 5.87. The fourth-order valence-corrected chi connectivity index (χ4v) is 2.62. The molecule has 0 saturated carbocycles. The van der Waals surface area contributed by atoms with Gasteiger partial charge in [0.1, 0.15) is 5.82 Å². The second-order valence-corrected chi connectivity index (χ2v) is 4.65. The number of hydrazine groups is 1. The monoisotopic (exact) mass is 234 g/mol. The number of aromatic nitrogens is 1. The van der Waals surface area contributed by atoms with Crippen molar-refractivity contribution in [2.75, 3.05) is 16.9 Å². The van der Waals surface area contributed by atoms with Crippen molar-refractivity contribution in [1.82, 2.24) is 4.98 Å². The maximum Gasteiger partial charge on any atom is 0.141 e. The number of nitrogens with two attached hydrogens (primary N) is 1. The molecule has 3 N–H and O–H groups in total. The molecule has 0 amide bonds. The minimum Gasteiger partial charge on any atom is -0.368 e. The van der Waals surface area contributed by atoms with Crippen molar-refractivity contribution >= 4 is 11.5 Å². The fourth-order valence-electron chi connectivity index (χ4n) is 2.62. The van der Waals surface area contributed by atoms with E-state index in [0.717, 1.165) is 12.4 Å². The van der Waals surface area contributed by atoms with Crippen LogP contribution in [-0.4, -0.2) is 17.6 Å². The van der Waals surface area contributed by atoms with Crippen molar-refractivity contribution in [2.24, 2.45) is 5.84 Å². The van der Waals surface area contributed by atoms with E-state index in [-0.39, 0.29) is 0 Å². The molecule has 1 aliphatic rings. The lowest BCUT2D eigenvalue weighted by atomic mass is 10.1. The molecule has 1 saturated heterocycles. The van der Waals surface area contributed by atoms with Gasteiger partial charge >= 0.3 is 0 Å². The Kier molecular flexibility index (Phi) is 4.20. The van der Waals surface area contributed by atoms with Gasteiger partial charge in [-0.2, -0.15) is 0 Å². The van der Waals surface area contributed by atoms with E-state index in [1.807, 2.05) is 12.3 Å². The Morgan fingerprint density at radius 1 is 1.47 bits per heavy atom.